The third-order valence-corrected chi connectivity index (χ3v) is 3.88. The Morgan fingerprint density at radius 3 is 2.43 bits per heavy atom. The lowest BCUT2D eigenvalue weighted by molar-refractivity contribution is 0.187. The van der Waals surface area contributed by atoms with E-state index in [0.29, 0.717) is 6.04 Å². The van der Waals surface area contributed by atoms with Gasteiger partial charge in [-0.15, -0.1) is 0 Å². The zero-order valence-electron chi connectivity index (χ0n) is 10.2. The van der Waals surface area contributed by atoms with Crippen molar-refractivity contribution < 1.29 is 0 Å². The van der Waals surface area contributed by atoms with E-state index in [9.17, 15) is 0 Å². The summed E-state index contributed by atoms with van der Waals surface area (Å²) in [6.45, 7) is 7.10. The Balaban J connectivity index is 2.56. The highest BCUT2D eigenvalue weighted by Gasteiger charge is 2.27. The summed E-state index contributed by atoms with van der Waals surface area (Å²) in [6, 6.07) is 0.605. The lowest BCUT2D eigenvalue weighted by Crippen LogP contribution is -2.38. The van der Waals surface area contributed by atoms with E-state index in [0.717, 1.165) is 17.8 Å². The van der Waals surface area contributed by atoms with Crippen LogP contribution in [0.4, 0.5) is 0 Å². The maximum absolute atomic E-state index is 5.85. The minimum absolute atomic E-state index is 0.605. The Morgan fingerprint density at radius 2 is 1.93 bits per heavy atom. The van der Waals surface area contributed by atoms with E-state index in [1.54, 1.807) is 0 Å². The predicted molar refractivity (Wildman–Crippen MR) is 61.7 cm³/mol. The maximum atomic E-state index is 5.85. The lowest BCUT2D eigenvalue weighted by Gasteiger charge is -2.28. The molecule has 2 heteroatoms. The van der Waals surface area contributed by atoms with Crippen molar-refractivity contribution in [2.75, 3.05) is 7.05 Å². The van der Waals surface area contributed by atoms with E-state index < -0.39 is 0 Å². The molecule has 0 aromatic heterocycles. The second kappa shape index (κ2) is 5.13. The van der Waals surface area contributed by atoms with Crippen molar-refractivity contribution in [3.05, 3.63) is 0 Å². The van der Waals surface area contributed by atoms with Gasteiger partial charge in [-0.3, -0.25) is 5.84 Å². The molecule has 0 aliphatic heterocycles. The average Bonchev–Trinajstić information content (AvgIpc) is 2.26. The highest BCUT2D eigenvalue weighted by atomic mass is 15.4. The summed E-state index contributed by atoms with van der Waals surface area (Å²) in [6.07, 6.45) is 5.29. The summed E-state index contributed by atoms with van der Waals surface area (Å²) in [7, 11) is 2.01. The zero-order valence-corrected chi connectivity index (χ0v) is 10.2. The fourth-order valence-corrected chi connectivity index (χ4v) is 2.96. The van der Waals surface area contributed by atoms with Crippen LogP contribution in [0.5, 0.6) is 0 Å². The Labute approximate surface area is 88.8 Å². The molecule has 1 rings (SSSR count). The fourth-order valence-electron chi connectivity index (χ4n) is 2.96. The largest absolute Gasteiger partial charge is 0.269 e. The van der Waals surface area contributed by atoms with Gasteiger partial charge in [0.05, 0.1) is 0 Å². The molecule has 3 atom stereocenters. The fraction of sp³-hybridized carbons (Fsp3) is 1.00. The van der Waals surface area contributed by atoms with Gasteiger partial charge in [0.2, 0.25) is 0 Å². The van der Waals surface area contributed by atoms with Crippen LogP contribution in [0.1, 0.15) is 46.5 Å². The Hall–Kier alpha value is -0.0800. The molecule has 1 aliphatic rings. The van der Waals surface area contributed by atoms with Gasteiger partial charge in [0.15, 0.2) is 0 Å². The quantitative estimate of drug-likeness (QED) is 0.420. The standard InChI is InChI=1S/C12H26N2/c1-9(2)12-7-5-6-11(14(4)13)8-10(12)3/h9-12H,5-8,13H2,1-4H3. The maximum Gasteiger partial charge on any atom is 0.0240 e. The van der Waals surface area contributed by atoms with Gasteiger partial charge in [-0.2, -0.15) is 0 Å². The molecular formula is C12H26N2. The summed E-state index contributed by atoms with van der Waals surface area (Å²) in [5.41, 5.74) is 0. The summed E-state index contributed by atoms with van der Waals surface area (Å²) in [4.78, 5) is 0. The van der Waals surface area contributed by atoms with Gasteiger partial charge in [-0.1, -0.05) is 27.2 Å². The molecule has 0 aromatic rings. The minimum atomic E-state index is 0.605. The summed E-state index contributed by atoms with van der Waals surface area (Å²) < 4.78 is 0. The predicted octanol–water partition coefficient (Wildman–Crippen LogP) is 2.64. The van der Waals surface area contributed by atoms with E-state index in [4.69, 9.17) is 5.84 Å². The van der Waals surface area contributed by atoms with Crippen LogP contribution >= 0.6 is 0 Å². The molecule has 0 aromatic carbocycles. The van der Waals surface area contributed by atoms with Crippen LogP contribution in [0.3, 0.4) is 0 Å². The van der Waals surface area contributed by atoms with Gasteiger partial charge in [0.25, 0.3) is 0 Å². The van der Waals surface area contributed by atoms with Crippen molar-refractivity contribution >= 4 is 0 Å². The minimum Gasteiger partial charge on any atom is -0.269 e. The second-order valence-corrected chi connectivity index (χ2v) is 5.37. The van der Waals surface area contributed by atoms with Crippen LogP contribution in [0, 0.1) is 17.8 Å². The number of rotatable bonds is 2. The smallest absolute Gasteiger partial charge is 0.0240 e. The normalized spacial score (nSPS) is 34.9. The first-order chi connectivity index (χ1) is 6.52. The molecule has 14 heavy (non-hydrogen) atoms. The van der Waals surface area contributed by atoms with Crippen LogP contribution in [-0.2, 0) is 0 Å². The Bertz CT molecular complexity index is 166. The second-order valence-electron chi connectivity index (χ2n) is 5.37. The summed E-state index contributed by atoms with van der Waals surface area (Å²) >= 11 is 0. The SMILES string of the molecule is CC(C)C1CCCC(N(C)N)CC1C. The molecule has 1 aliphatic carbocycles. The third kappa shape index (κ3) is 2.96. The van der Waals surface area contributed by atoms with Crippen molar-refractivity contribution in [3.8, 4) is 0 Å². The van der Waals surface area contributed by atoms with E-state index in [1.807, 2.05) is 12.1 Å². The van der Waals surface area contributed by atoms with Crippen molar-refractivity contribution in [1.29, 1.82) is 0 Å². The van der Waals surface area contributed by atoms with Gasteiger partial charge in [0, 0.05) is 13.1 Å². The molecule has 0 heterocycles. The van der Waals surface area contributed by atoms with Crippen LogP contribution in [0.15, 0.2) is 0 Å². The zero-order chi connectivity index (χ0) is 10.7. The number of nitrogens with two attached hydrogens (primary N) is 1. The number of nitrogens with zero attached hydrogens (tertiary/aromatic N) is 1. The van der Waals surface area contributed by atoms with E-state index in [2.05, 4.69) is 20.8 Å². The van der Waals surface area contributed by atoms with Crippen molar-refractivity contribution in [1.82, 2.24) is 5.01 Å². The first kappa shape index (κ1) is 12.0. The van der Waals surface area contributed by atoms with E-state index in [-0.39, 0.29) is 0 Å². The highest BCUT2D eigenvalue weighted by molar-refractivity contribution is 4.80. The number of hydrazine groups is 1. The van der Waals surface area contributed by atoms with E-state index in [1.165, 1.54) is 25.7 Å². The molecule has 0 bridgehead atoms. The molecule has 0 radical (unpaired) electrons. The molecule has 84 valence electrons. The highest BCUT2D eigenvalue weighted by Crippen LogP contribution is 2.34. The molecule has 3 unspecified atom stereocenters. The summed E-state index contributed by atoms with van der Waals surface area (Å²) in [5.74, 6) is 8.41. The number of hydrogen-bond acceptors (Lipinski definition) is 2. The van der Waals surface area contributed by atoms with Gasteiger partial charge in [-0.25, -0.2) is 5.01 Å². The first-order valence-corrected chi connectivity index (χ1v) is 6.00. The molecule has 0 saturated heterocycles. The van der Waals surface area contributed by atoms with Gasteiger partial charge >= 0.3 is 0 Å². The van der Waals surface area contributed by atoms with Gasteiger partial charge in [-0.05, 0) is 37.0 Å². The average molecular weight is 198 g/mol. The Kier molecular flexibility index (Phi) is 4.39. The van der Waals surface area contributed by atoms with Crippen LogP contribution in [-0.4, -0.2) is 18.1 Å². The molecule has 2 nitrogen and oxygen atoms in total. The lowest BCUT2D eigenvalue weighted by atomic mass is 9.81. The number of hydrogen-bond donors (Lipinski definition) is 1. The van der Waals surface area contributed by atoms with Crippen molar-refractivity contribution in [2.45, 2.75) is 52.5 Å². The molecule has 1 saturated carbocycles. The molecule has 0 spiro atoms. The summed E-state index contributed by atoms with van der Waals surface area (Å²) in [5, 5.41) is 1.92. The first-order valence-electron chi connectivity index (χ1n) is 6.00. The van der Waals surface area contributed by atoms with Crippen LogP contribution in [0.2, 0.25) is 0 Å². The van der Waals surface area contributed by atoms with Crippen molar-refractivity contribution in [2.24, 2.45) is 23.6 Å². The monoisotopic (exact) mass is 198 g/mol. The van der Waals surface area contributed by atoms with E-state index >= 15 is 0 Å². The Morgan fingerprint density at radius 1 is 1.29 bits per heavy atom. The van der Waals surface area contributed by atoms with Gasteiger partial charge in [0.1, 0.15) is 0 Å². The third-order valence-electron chi connectivity index (χ3n) is 3.88. The molecular weight excluding hydrogens is 172 g/mol. The molecule has 2 N–H and O–H groups in total. The van der Waals surface area contributed by atoms with Crippen molar-refractivity contribution in [3.63, 3.8) is 0 Å². The van der Waals surface area contributed by atoms with Gasteiger partial charge < -0.3 is 0 Å². The van der Waals surface area contributed by atoms with Crippen LogP contribution < -0.4 is 5.84 Å². The molecule has 0 amide bonds. The topological polar surface area (TPSA) is 29.3 Å². The molecule has 1 fully saturated rings. The van der Waals surface area contributed by atoms with Crippen LogP contribution in [0.25, 0.3) is 0 Å².